The van der Waals surface area contributed by atoms with E-state index in [1.165, 1.54) is 25.3 Å². The summed E-state index contributed by atoms with van der Waals surface area (Å²) in [5.74, 6) is -0.706. The molecule has 0 aromatic heterocycles. The summed E-state index contributed by atoms with van der Waals surface area (Å²) >= 11 is 0. The third-order valence-corrected chi connectivity index (χ3v) is 5.15. The number of alkyl halides is 3. The van der Waals surface area contributed by atoms with Gasteiger partial charge in [0.1, 0.15) is 5.75 Å². The molecule has 3 rings (SSSR count). The van der Waals surface area contributed by atoms with Crippen LogP contribution in [0.2, 0.25) is 0 Å². The number of carbonyl (C=O) groups excluding carboxylic acids is 1. The smallest absolute Gasteiger partial charge is 0.430 e. The summed E-state index contributed by atoms with van der Waals surface area (Å²) in [5, 5.41) is 2.38. The molecule has 0 spiro atoms. The van der Waals surface area contributed by atoms with Crippen LogP contribution in [0.5, 0.6) is 5.75 Å². The van der Waals surface area contributed by atoms with Crippen LogP contribution in [-0.4, -0.2) is 25.8 Å². The Labute approximate surface area is 190 Å². The average Bonchev–Trinajstić information content (AvgIpc) is 2.83. The Morgan fingerprint density at radius 2 is 1.55 bits per heavy atom. The van der Waals surface area contributed by atoms with Crippen molar-refractivity contribution < 1.29 is 27.4 Å². The van der Waals surface area contributed by atoms with Crippen LogP contribution in [0, 0.1) is 0 Å². The second-order valence-corrected chi connectivity index (χ2v) is 7.25. The highest BCUT2D eigenvalue weighted by atomic mass is 19.4. The first-order valence-corrected chi connectivity index (χ1v) is 10.2. The van der Waals surface area contributed by atoms with Crippen LogP contribution < -0.4 is 10.1 Å². The highest BCUT2D eigenvalue weighted by molar-refractivity contribution is 5.88. The van der Waals surface area contributed by atoms with E-state index in [0.717, 1.165) is 11.1 Å². The van der Waals surface area contributed by atoms with Gasteiger partial charge in [0.15, 0.2) is 0 Å². The van der Waals surface area contributed by atoms with Gasteiger partial charge in [-0.05, 0) is 28.8 Å². The van der Waals surface area contributed by atoms with Crippen LogP contribution in [-0.2, 0) is 21.7 Å². The van der Waals surface area contributed by atoms with E-state index in [4.69, 9.17) is 9.47 Å². The second-order valence-electron chi connectivity index (χ2n) is 7.25. The zero-order chi connectivity index (χ0) is 23.9. The van der Waals surface area contributed by atoms with E-state index in [1.807, 2.05) is 30.3 Å². The lowest BCUT2D eigenvalue weighted by Crippen LogP contribution is -2.56. The lowest BCUT2D eigenvalue weighted by molar-refractivity contribution is -0.270. The van der Waals surface area contributed by atoms with Gasteiger partial charge in [-0.1, -0.05) is 72.8 Å². The predicted molar refractivity (Wildman–Crippen MR) is 121 cm³/mol. The number of methoxy groups -OCH3 is 1. The number of amides is 1. The zero-order valence-electron chi connectivity index (χ0n) is 18.1. The lowest BCUT2D eigenvalue weighted by Gasteiger charge is -2.34. The van der Waals surface area contributed by atoms with Crippen LogP contribution in [0.1, 0.15) is 11.1 Å². The van der Waals surface area contributed by atoms with Crippen LogP contribution in [0.15, 0.2) is 91.5 Å². The van der Waals surface area contributed by atoms with Gasteiger partial charge in [0, 0.05) is 12.1 Å². The number of halogens is 3. The molecule has 0 saturated carbocycles. The van der Waals surface area contributed by atoms with Crippen LogP contribution >= 0.6 is 0 Å². The summed E-state index contributed by atoms with van der Waals surface area (Å²) in [7, 11) is 1.51. The van der Waals surface area contributed by atoms with Crippen molar-refractivity contribution in [2.45, 2.75) is 18.3 Å². The van der Waals surface area contributed by atoms with Crippen molar-refractivity contribution in [2.75, 3.05) is 13.7 Å². The van der Waals surface area contributed by atoms with Crippen LogP contribution in [0.3, 0.4) is 0 Å². The molecule has 0 heterocycles. The number of benzene rings is 3. The molecule has 1 N–H and O–H groups in total. The zero-order valence-corrected chi connectivity index (χ0v) is 18.1. The highest BCUT2D eigenvalue weighted by Gasteiger charge is 2.63. The molecule has 3 aromatic rings. The van der Waals surface area contributed by atoms with E-state index in [9.17, 15) is 18.0 Å². The van der Waals surface area contributed by atoms with Gasteiger partial charge in [-0.15, -0.1) is 6.58 Å². The molecule has 0 radical (unpaired) electrons. The van der Waals surface area contributed by atoms with Gasteiger partial charge in [-0.3, -0.25) is 4.79 Å². The monoisotopic (exact) mass is 455 g/mol. The number of hydrogen-bond donors (Lipinski definition) is 1. The molecule has 1 atom stereocenters. The summed E-state index contributed by atoms with van der Waals surface area (Å²) in [6, 6.07) is 21.5. The Hall–Kier alpha value is -3.58. The van der Waals surface area contributed by atoms with Gasteiger partial charge in [0.25, 0.3) is 11.5 Å². The normalized spacial score (nSPS) is 13.1. The fourth-order valence-corrected chi connectivity index (χ4v) is 3.42. The molecule has 0 fully saturated rings. The Morgan fingerprint density at radius 1 is 0.939 bits per heavy atom. The van der Waals surface area contributed by atoms with Gasteiger partial charge in [0.05, 0.1) is 13.7 Å². The number of hydrogen-bond acceptors (Lipinski definition) is 3. The first-order valence-electron chi connectivity index (χ1n) is 10.2. The van der Waals surface area contributed by atoms with Crippen molar-refractivity contribution in [3.8, 4) is 16.9 Å². The van der Waals surface area contributed by atoms with Crippen molar-refractivity contribution in [3.63, 3.8) is 0 Å². The summed E-state index contributed by atoms with van der Waals surface area (Å²) in [6.45, 7) is 2.85. The number of nitrogens with one attached hydrogen (secondary N) is 1. The maximum atomic E-state index is 14.4. The molecule has 0 bridgehead atoms. The van der Waals surface area contributed by atoms with Crippen molar-refractivity contribution in [3.05, 3.63) is 103 Å². The van der Waals surface area contributed by atoms with E-state index in [1.54, 1.807) is 36.4 Å². The molecule has 1 unspecified atom stereocenters. The highest BCUT2D eigenvalue weighted by Crippen LogP contribution is 2.43. The molecule has 1 amide bonds. The quantitative estimate of drug-likeness (QED) is 0.425. The Morgan fingerprint density at radius 3 is 2.09 bits per heavy atom. The van der Waals surface area contributed by atoms with Crippen molar-refractivity contribution in [1.82, 2.24) is 5.32 Å². The number of carbonyl (C=O) groups is 1. The van der Waals surface area contributed by atoms with Crippen LogP contribution in [0.25, 0.3) is 11.1 Å². The first kappa shape index (κ1) is 24.1. The number of rotatable bonds is 9. The summed E-state index contributed by atoms with van der Waals surface area (Å²) in [4.78, 5) is 13.1. The van der Waals surface area contributed by atoms with Crippen molar-refractivity contribution >= 4 is 5.91 Å². The van der Waals surface area contributed by atoms with Gasteiger partial charge in [-0.2, -0.15) is 13.2 Å². The summed E-state index contributed by atoms with van der Waals surface area (Å²) < 4.78 is 53.6. The molecule has 0 aliphatic carbocycles. The third kappa shape index (κ3) is 5.26. The average molecular weight is 455 g/mol. The molecule has 0 saturated heterocycles. The van der Waals surface area contributed by atoms with Gasteiger partial charge < -0.3 is 14.8 Å². The minimum Gasteiger partial charge on any atom is -0.497 e. The Balaban J connectivity index is 1.94. The minimum atomic E-state index is -5.02. The maximum Gasteiger partial charge on any atom is 0.430 e. The first-order chi connectivity index (χ1) is 15.8. The van der Waals surface area contributed by atoms with E-state index < -0.39 is 24.3 Å². The van der Waals surface area contributed by atoms with E-state index in [2.05, 4.69) is 11.9 Å². The topological polar surface area (TPSA) is 47.6 Å². The van der Waals surface area contributed by atoms with E-state index in [-0.39, 0.29) is 12.1 Å². The summed E-state index contributed by atoms with van der Waals surface area (Å²) in [6.07, 6.45) is -3.84. The van der Waals surface area contributed by atoms with Gasteiger partial charge >= 0.3 is 6.18 Å². The Bertz CT molecular complexity index is 1060. The summed E-state index contributed by atoms with van der Waals surface area (Å²) in [5.41, 5.74) is -1.33. The second kappa shape index (κ2) is 10.4. The molecular weight excluding hydrogens is 431 g/mol. The fraction of sp³-hybridized carbons (Fsp3) is 0.192. The SMILES string of the molecule is C=CCOC(C(=O)NCc1ccc(OC)cc1)(c1ccc(-c2ccccc2)cc1)C(F)(F)F. The molecule has 0 aliphatic heterocycles. The van der Waals surface area contributed by atoms with Crippen LogP contribution in [0.4, 0.5) is 13.2 Å². The molecule has 7 heteroatoms. The standard InChI is InChI=1S/C26H24F3NO3/c1-3-17-33-25(26(27,28)29,24(31)30-18-19-9-15-23(32-2)16-10-19)22-13-11-21(12-14-22)20-7-5-4-6-8-20/h3-16H,1,17-18H2,2H3,(H,30,31). The number of ether oxygens (including phenoxy) is 2. The van der Waals surface area contributed by atoms with E-state index in [0.29, 0.717) is 11.3 Å². The molecule has 33 heavy (non-hydrogen) atoms. The van der Waals surface area contributed by atoms with Gasteiger partial charge in [-0.25, -0.2) is 0 Å². The molecule has 4 nitrogen and oxygen atoms in total. The molecule has 0 aliphatic rings. The lowest BCUT2D eigenvalue weighted by atomic mass is 9.89. The van der Waals surface area contributed by atoms with Crippen molar-refractivity contribution in [1.29, 1.82) is 0 Å². The Kier molecular flexibility index (Phi) is 7.55. The van der Waals surface area contributed by atoms with E-state index >= 15 is 0 Å². The maximum absolute atomic E-state index is 14.4. The molecule has 172 valence electrons. The third-order valence-electron chi connectivity index (χ3n) is 5.15. The van der Waals surface area contributed by atoms with Crippen molar-refractivity contribution in [2.24, 2.45) is 0 Å². The predicted octanol–water partition coefficient (Wildman–Crippen LogP) is 5.64. The largest absolute Gasteiger partial charge is 0.497 e. The molecule has 3 aromatic carbocycles. The minimum absolute atomic E-state index is 0.111. The van der Waals surface area contributed by atoms with Gasteiger partial charge in [0.2, 0.25) is 0 Å². The fourth-order valence-electron chi connectivity index (χ4n) is 3.42. The molecular formula is C26H24F3NO3.